The lowest BCUT2D eigenvalue weighted by molar-refractivity contribution is -0.115. The van der Waals surface area contributed by atoms with Gasteiger partial charge >= 0.3 is 0 Å². The Morgan fingerprint density at radius 3 is 2.95 bits per heavy atom. The molecule has 0 saturated heterocycles. The molecule has 19 heavy (non-hydrogen) atoms. The molecule has 0 spiro atoms. The van der Waals surface area contributed by atoms with Crippen molar-refractivity contribution in [1.82, 2.24) is 9.78 Å². The molecule has 0 radical (unpaired) electrons. The van der Waals surface area contributed by atoms with Gasteiger partial charge in [0.25, 0.3) is 0 Å². The molecule has 0 unspecified atom stereocenters. The summed E-state index contributed by atoms with van der Waals surface area (Å²) >= 11 is 0. The van der Waals surface area contributed by atoms with E-state index >= 15 is 0 Å². The number of benzene rings is 1. The van der Waals surface area contributed by atoms with Gasteiger partial charge in [0.05, 0.1) is 17.8 Å². The van der Waals surface area contributed by atoms with Crippen LogP contribution >= 0.6 is 0 Å². The number of carbonyl (C=O) groups excluding carboxylic acids is 1. The lowest BCUT2D eigenvalue weighted by Crippen LogP contribution is -2.14. The van der Waals surface area contributed by atoms with Gasteiger partial charge in [0.1, 0.15) is 5.75 Å². The Bertz CT molecular complexity index is 590. The SMILES string of the molecule is CCc1nn(C)cc1NC(=O)Cc1cccc(O)c1. The molecule has 1 aromatic carbocycles. The number of aromatic hydroxyl groups is 1. The molecule has 1 heterocycles. The van der Waals surface area contributed by atoms with Gasteiger partial charge in [-0.3, -0.25) is 9.48 Å². The first-order valence-corrected chi connectivity index (χ1v) is 6.18. The van der Waals surface area contributed by atoms with E-state index in [9.17, 15) is 9.90 Å². The molecule has 0 fully saturated rings. The lowest BCUT2D eigenvalue weighted by atomic mass is 10.1. The molecular weight excluding hydrogens is 242 g/mol. The van der Waals surface area contributed by atoms with E-state index in [0.29, 0.717) is 0 Å². The van der Waals surface area contributed by atoms with E-state index in [-0.39, 0.29) is 18.1 Å². The number of rotatable bonds is 4. The molecule has 2 N–H and O–H groups in total. The number of aryl methyl sites for hydroxylation is 2. The molecule has 0 aliphatic rings. The van der Waals surface area contributed by atoms with Gasteiger partial charge in [-0.1, -0.05) is 19.1 Å². The number of aromatic nitrogens is 2. The molecule has 5 nitrogen and oxygen atoms in total. The van der Waals surface area contributed by atoms with Crippen LogP contribution in [0.1, 0.15) is 18.2 Å². The van der Waals surface area contributed by atoms with Crippen molar-refractivity contribution in [3.8, 4) is 5.75 Å². The number of hydrogen-bond acceptors (Lipinski definition) is 3. The highest BCUT2D eigenvalue weighted by molar-refractivity contribution is 5.92. The Balaban J connectivity index is 2.05. The van der Waals surface area contributed by atoms with Crippen LogP contribution < -0.4 is 5.32 Å². The van der Waals surface area contributed by atoms with Gasteiger partial charge in [-0.2, -0.15) is 5.10 Å². The fourth-order valence-electron chi connectivity index (χ4n) is 1.95. The molecule has 2 rings (SSSR count). The number of nitrogens with zero attached hydrogens (tertiary/aromatic N) is 2. The highest BCUT2D eigenvalue weighted by Crippen LogP contribution is 2.15. The van der Waals surface area contributed by atoms with Gasteiger partial charge in [-0.15, -0.1) is 0 Å². The maximum Gasteiger partial charge on any atom is 0.228 e. The number of amides is 1. The fourth-order valence-corrected chi connectivity index (χ4v) is 1.95. The smallest absolute Gasteiger partial charge is 0.228 e. The molecule has 0 bridgehead atoms. The van der Waals surface area contributed by atoms with E-state index < -0.39 is 0 Å². The average Bonchev–Trinajstić information content (AvgIpc) is 2.69. The Labute approximate surface area is 111 Å². The Kier molecular flexibility index (Phi) is 3.85. The first-order chi connectivity index (χ1) is 9.08. The minimum atomic E-state index is -0.117. The van der Waals surface area contributed by atoms with E-state index in [2.05, 4.69) is 10.4 Å². The Morgan fingerprint density at radius 1 is 1.47 bits per heavy atom. The van der Waals surface area contributed by atoms with Crippen molar-refractivity contribution in [2.45, 2.75) is 19.8 Å². The van der Waals surface area contributed by atoms with Crippen LogP contribution in [-0.2, 0) is 24.7 Å². The largest absolute Gasteiger partial charge is 0.508 e. The summed E-state index contributed by atoms with van der Waals surface area (Å²) in [6.45, 7) is 1.99. The van der Waals surface area contributed by atoms with Crippen LogP contribution in [0.3, 0.4) is 0 Å². The summed E-state index contributed by atoms with van der Waals surface area (Å²) in [5.41, 5.74) is 2.39. The lowest BCUT2D eigenvalue weighted by Gasteiger charge is -2.04. The van der Waals surface area contributed by atoms with Crippen molar-refractivity contribution < 1.29 is 9.90 Å². The molecule has 100 valence electrons. The summed E-state index contributed by atoms with van der Waals surface area (Å²) in [5.74, 6) is 0.0502. The van der Waals surface area contributed by atoms with E-state index in [4.69, 9.17) is 0 Å². The van der Waals surface area contributed by atoms with Crippen LogP contribution in [0.15, 0.2) is 30.5 Å². The summed E-state index contributed by atoms with van der Waals surface area (Å²) in [6.07, 6.45) is 2.79. The zero-order valence-corrected chi connectivity index (χ0v) is 11.1. The Morgan fingerprint density at radius 2 is 2.26 bits per heavy atom. The maximum atomic E-state index is 11.9. The molecule has 1 aromatic heterocycles. The molecule has 0 saturated carbocycles. The zero-order valence-electron chi connectivity index (χ0n) is 11.1. The van der Waals surface area contributed by atoms with Crippen LogP contribution in [0.25, 0.3) is 0 Å². The maximum absolute atomic E-state index is 11.9. The summed E-state index contributed by atoms with van der Waals surface area (Å²) in [7, 11) is 1.82. The normalized spacial score (nSPS) is 10.4. The molecule has 0 aliphatic carbocycles. The predicted octanol–water partition coefficient (Wildman–Crippen LogP) is 1.87. The molecule has 0 atom stereocenters. The van der Waals surface area contributed by atoms with Gasteiger partial charge in [-0.05, 0) is 24.1 Å². The third kappa shape index (κ3) is 3.34. The van der Waals surface area contributed by atoms with Crippen molar-refractivity contribution in [2.24, 2.45) is 7.05 Å². The van der Waals surface area contributed by atoms with Gasteiger partial charge in [0, 0.05) is 13.2 Å². The second kappa shape index (κ2) is 5.56. The second-order valence-electron chi connectivity index (χ2n) is 4.41. The third-order valence-corrected chi connectivity index (χ3v) is 2.79. The van der Waals surface area contributed by atoms with Crippen molar-refractivity contribution in [3.05, 3.63) is 41.7 Å². The molecular formula is C14H17N3O2. The predicted molar refractivity (Wildman–Crippen MR) is 73.0 cm³/mol. The van der Waals surface area contributed by atoms with E-state index in [1.54, 1.807) is 29.1 Å². The van der Waals surface area contributed by atoms with Crippen molar-refractivity contribution in [2.75, 3.05) is 5.32 Å². The number of hydrogen-bond donors (Lipinski definition) is 2. The number of carbonyl (C=O) groups is 1. The third-order valence-electron chi connectivity index (χ3n) is 2.79. The summed E-state index contributed by atoms with van der Waals surface area (Å²) in [4.78, 5) is 11.9. The Hall–Kier alpha value is -2.30. The van der Waals surface area contributed by atoms with Gasteiger partial charge in [-0.25, -0.2) is 0 Å². The number of phenols is 1. The topological polar surface area (TPSA) is 67.2 Å². The fraction of sp³-hybridized carbons (Fsp3) is 0.286. The van der Waals surface area contributed by atoms with Crippen LogP contribution in [-0.4, -0.2) is 20.8 Å². The molecule has 1 amide bonds. The van der Waals surface area contributed by atoms with Crippen LogP contribution in [0.4, 0.5) is 5.69 Å². The standard InChI is InChI=1S/C14H17N3O2/c1-3-12-13(9-17(2)16-12)15-14(19)8-10-5-4-6-11(18)7-10/h4-7,9,18H,3,8H2,1-2H3,(H,15,19). The first-order valence-electron chi connectivity index (χ1n) is 6.18. The number of phenolic OH excluding ortho intramolecular Hbond substituents is 1. The van der Waals surface area contributed by atoms with Crippen LogP contribution in [0.2, 0.25) is 0 Å². The van der Waals surface area contributed by atoms with Crippen molar-refractivity contribution in [1.29, 1.82) is 0 Å². The van der Waals surface area contributed by atoms with Gasteiger partial charge < -0.3 is 10.4 Å². The monoisotopic (exact) mass is 259 g/mol. The highest BCUT2D eigenvalue weighted by atomic mass is 16.3. The minimum absolute atomic E-state index is 0.117. The van der Waals surface area contributed by atoms with Crippen molar-refractivity contribution >= 4 is 11.6 Å². The minimum Gasteiger partial charge on any atom is -0.508 e. The summed E-state index contributed by atoms with van der Waals surface area (Å²) < 4.78 is 1.68. The molecule has 5 heteroatoms. The van der Waals surface area contributed by atoms with Gasteiger partial charge in [0.15, 0.2) is 0 Å². The van der Waals surface area contributed by atoms with Crippen molar-refractivity contribution in [3.63, 3.8) is 0 Å². The summed E-state index contributed by atoms with van der Waals surface area (Å²) in [5, 5.41) is 16.5. The molecule has 0 aliphatic heterocycles. The zero-order chi connectivity index (χ0) is 13.8. The van der Waals surface area contributed by atoms with E-state index in [0.717, 1.165) is 23.4 Å². The highest BCUT2D eigenvalue weighted by Gasteiger charge is 2.10. The quantitative estimate of drug-likeness (QED) is 0.880. The molecule has 2 aromatic rings. The van der Waals surface area contributed by atoms with E-state index in [1.807, 2.05) is 20.0 Å². The number of anilines is 1. The second-order valence-corrected chi connectivity index (χ2v) is 4.41. The van der Waals surface area contributed by atoms with E-state index in [1.165, 1.54) is 0 Å². The van der Waals surface area contributed by atoms with Crippen LogP contribution in [0, 0.1) is 0 Å². The summed E-state index contributed by atoms with van der Waals surface area (Å²) in [6, 6.07) is 6.70. The van der Waals surface area contributed by atoms with Gasteiger partial charge in [0.2, 0.25) is 5.91 Å². The first kappa shape index (κ1) is 13.1. The van der Waals surface area contributed by atoms with Crippen LogP contribution in [0.5, 0.6) is 5.75 Å². The average molecular weight is 259 g/mol. The number of nitrogens with one attached hydrogen (secondary N) is 1.